The van der Waals surface area contributed by atoms with Crippen molar-refractivity contribution in [2.45, 2.75) is 6.42 Å². The van der Waals surface area contributed by atoms with Crippen LogP contribution < -0.4 is 0 Å². The van der Waals surface area contributed by atoms with Crippen molar-refractivity contribution in [2.75, 3.05) is 31.1 Å². The fraction of sp³-hybridized carbons (Fsp3) is 0.667. The lowest BCUT2D eigenvalue weighted by Crippen LogP contribution is -2.27. The fourth-order valence-corrected chi connectivity index (χ4v) is 2.78. The minimum Gasteiger partial charge on any atom is -0.478 e. The minimum absolute atomic E-state index is 0.175. The van der Waals surface area contributed by atoms with Crippen molar-refractivity contribution >= 4 is 15.8 Å². The molecule has 0 radical (unpaired) electrons. The van der Waals surface area contributed by atoms with Crippen LogP contribution in [0.1, 0.15) is 6.42 Å². The molecule has 15 heavy (non-hydrogen) atoms. The molecule has 5 nitrogen and oxygen atoms in total. The molecule has 1 aliphatic heterocycles. The van der Waals surface area contributed by atoms with Crippen molar-refractivity contribution in [3.8, 4) is 0 Å². The maximum atomic E-state index is 11.3. The third kappa shape index (κ3) is 4.94. The molecular formula is C9H15NO4S. The number of carboxylic acid groups (broad SMARTS) is 1. The predicted octanol–water partition coefficient (Wildman–Crippen LogP) is -0.252. The second kappa shape index (κ2) is 5.27. The number of rotatable bonds is 3. The zero-order valence-corrected chi connectivity index (χ0v) is 9.24. The zero-order valence-electron chi connectivity index (χ0n) is 8.42. The number of carbonyl (C=O) groups is 1. The molecule has 1 rings (SSSR count). The Morgan fingerprint density at radius 3 is 2.73 bits per heavy atom. The highest BCUT2D eigenvalue weighted by Gasteiger charge is 2.17. The lowest BCUT2D eigenvalue weighted by atomic mass is 10.4. The van der Waals surface area contributed by atoms with Crippen LogP contribution in [0.2, 0.25) is 0 Å². The number of hydrogen-bond acceptors (Lipinski definition) is 4. The van der Waals surface area contributed by atoms with Gasteiger partial charge in [0.05, 0.1) is 11.5 Å². The normalized spacial score (nSPS) is 22.7. The lowest BCUT2D eigenvalue weighted by Gasteiger charge is -2.16. The molecule has 0 spiro atoms. The fourth-order valence-electron chi connectivity index (χ4n) is 1.48. The number of aliphatic carboxylic acids is 1. The van der Waals surface area contributed by atoms with E-state index in [4.69, 9.17) is 5.11 Å². The van der Waals surface area contributed by atoms with E-state index in [2.05, 4.69) is 0 Å². The molecule has 0 aromatic rings. The zero-order chi connectivity index (χ0) is 11.3. The molecule has 0 aromatic heterocycles. The Labute approximate surface area is 89.3 Å². The highest BCUT2D eigenvalue weighted by molar-refractivity contribution is 7.91. The van der Waals surface area contributed by atoms with E-state index in [1.807, 2.05) is 4.90 Å². The van der Waals surface area contributed by atoms with Crippen molar-refractivity contribution in [3.05, 3.63) is 12.2 Å². The number of carboxylic acids is 1. The van der Waals surface area contributed by atoms with Crippen LogP contribution in [0.3, 0.4) is 0 Å². The van der Waals surface area contributed by atoms with Gasteiger partial charge in [0.1, 0.15) is 0 Å². The van der Waals surface area contributed by atoms with Crippen LogP contribution in [0.25, 0.3) is 0 Å². The SMILES string of the molecule is O=C(O)/C=C/CN1CCCS(=O)(=O)CC1. The van der Waals surface area contributed by atoms with Gasteiger partial charge in [-0.1, -0.05) is 6.08 Å². The van der Waals surface area contributed by atoms with E-state index in [9.17, 15) is 13.2 Å². The van der Waals surface area contributed by atoms with Crippen LogP contribution in [0.15, 0.2) is 12.2 Å². The van der Waals surface area contributed by atoms with E-state index in [0.29, 0.717) is 26.1 Å². The van der Waals surface area contributed by atoms with E-state index in [-0.39, 0.29) is 11.5 Å². The van der Waals surface area contributed by atoms with Crippen molar-refractivity contribution in [1.29, 1.82) is 0 Å². The molecule has 0 bridgehead atoms. The average Bonchev–Trinajstić information content (AvgIpc) is 2.27. The summed E-state index contributed by atoms with van der Waals surface area (Å²) in [7, 11) is -2.88. The third-order valence-corrected chi connectivity index (χ3v) is 3.99. The molecular weight excluding hydrogens is 218 g/mol. The highest BCUT2D eigenvalue weighted by atomic mass is 32.2. The molecule has 1 aliphatic rings. The van der Waals surface area contributed by atoms with Gasteiger partial charge in [0.2, 0.25) is 0 Å². The Morgan fingerprint density at radius 1 is 1.33 bits per heavy atom. The van der Waals surface area contributed by atoms with Gasteiger partial charge in [0.15, 0.2) is 9.84 Å². The van der Waals surface area contributed by atoms with Gasteiger partial charge < -0.3 is 5.11 Å². The Bertz CT molecular complexity index is 347. The minimum atomic E-state index is -2.88. The second-order valence-corrected chi connectivity index (χ2v) is 5.85. The van der Waals surface area contributed by atoms with Crippen molar-refractivity contribution < 1.29 is 18.3 Å². The molecule has 6 heteroatoms. The Kier molecular flexibility index (Phi) is 4.28. The third-order valence-electron chi connectivity index (χ3n) is 2.27. The van der Waals surface area contributed by atoms with Crippen LogP contribution in [-0.4, -0.2) is 55.5 Å². The van der Waals surface area contributed by atoms with Crippen molar-refractivity contribution in [3.63, 3.8) is 0 Å². The Balaban J connectivity index is 2.41. The maximum Gasteiger partial charge on any atom is 0.328 e. The maximum absolute atomic E-state index is 11.3. The molecule has 1 heterocycles. The largest absolute Gasteiger partial charge is 0.478 e. The molecule has 1 saturated heterocycles. The predicted molar refractivity (Wildman–Crippen MR) is 56.5 cm³/mol. The van der Waals surface area contributed by atoms with Gasteiger partial charge in [-0.15, -0.1) is 0 Å². The summed E-state index contributed by atoms with van der Waals surface area (Å²) in [6, 6.07) is 0. The standard InChI is InChI=1S/C9H15NO4S/c11-9(12)3-1-4-10-5-2-7-15(13,14)8-6-10/h1,3H,2,4-8H2,(H,11,12)/b3-1+. The smallest absolute Gasteiger partial charge is 0.328 e. The average molecular weight is 233 g/mol. The number of sulfone groups is 1. The van der Waals surface area contributed by atoms with Crippen LogP contribution in [0, 0.1) is 0 Å². The summed E-state index contributed by atoms with van der Waals surface area (Å²) in [5.41, 5.74) is 0. The first kappa shape index (κ1) is 12.2. The van der Waals surface area contributed by atoms with Gasteiger partial charge in [0, 0.05) is 19.2 Å². The van der Waals surface area contributed by atoms with Gasteiger partial charge >= 0.3 is 5.97 Å². The lowest BCUT2D eigenvalue weighted by molar-refractivity contribution is -0.131. The summed E-state index contributed by atoms with van der Waals surface area (Å²) in [4.78, 5) is 12.2. The van der Waals surface area contributed by atoms with Gasteiger partial charge in [-0.05, 0) is 13.0 Å². The van der Waals surface area contributed by atoms with Crippen LogP contribution >= 0.6 is 0 Å². The molecule has 0 atom stereocenters. The first-order valence-electron chi connectivity index (χ1n) is 4.82. The summed E-state index contributed by atoms with van der Waals surface area (Å²) in [5, 5.41) is 8.38. The quantitative estimate of drug-likeness (QED) is 0.680. The molecule has 1 N–H and O–H groups in total. The first-order valence-corrected chi connectivity index (χ1v) is 6.64. The van der Waals surface area contributed by atoms with Crippen molar-refractivity contribution in [2.24, 2.45) is 0 Å². The topological polar surface area (TPSA) is 74.7 Å². The van der Waals surface area contributed by atoms with Crippen molar-refractivity contribution in [1.82, 2.24) is 4.90 Å². The van der Waals surface area contributed by atoms with Gasteiger partial charge in [-0.2, -0.15) is 0 Å². The molecule has 0 saturated carbocycles. The van der Waals surface area contributed by atoms with Crippen LogP contribution in [0.4, 0.5) is 0 Å². The van der Waals surface area contributed by atoms with Crippen LogP contribution in [0.5, 0.6) is 0 Å². The number of nitrogens with zero attached hydrogens (tertiary/aromatic N) is 1. The second-order valence-electron chi connectivity index (χ2n) is 3.55. The Morgan fingerprint density at radius 2 is 2.07 bits per heavy atom. The summed E-state index contributed by atoms with van der Waals surface area (Å²) in [6.07, 6.45) is 3.25. The number of hydrogen-bond donors (Lipinski definition) is 1. The van der Waals surface area contributed by atoms with Gasteiger partial charge in [-0.3, -0.25) is 4.90 Å². The van der Waals surface area contributed by atoms with E-state index >= 15 is 0 Å². The summed E-state index contributed by atoms with van der Waals surface area (Å²) < 4.78 is 22.5. The molecule has 0 amide bonds. The van der Waals surface area contributed by atoms with Crippen LogP contribution in [-0.2, 0) is 14.6 Å². The summed E-state index contributed by atoms with van der Waals surface area (Å²) in [6.45, 7) is 1.71. The van der Waals surface area contributed by atoms with E-state index < -0.39 is 15.8 Å². The van der Waals surface area contributed by atoms with E-state index in [1.54, 1.807) is 6.08 Å². The molecule has 1 fully saturated rings. The monoisotopic (exact) mass is 233 g/mol. The summed E-state index contributed by atoms with van der Waals surface area (Å²) in [5.74, 6) is -0.558. The van der Waals surface area contributed by atoms with E-state index in [0.717, 1.165) is 6.08 Å². The molecule has 86 valence electrons. The Hall–Kier alpha value is -0.880. The molecule has 0 aliphatic carbocycles. The summed E-state index contributed by atoms with van der Waals surface area (Å²) >= 11 is 0. The van der Waals surface area contributed by atoms with Gasteiger partial charge in [0.25, 0.3) is 0 Å². The molecule has 0 aromatic carbocycles. The van der Waals surface area contributed by atoms with E-state index in [1.165, 1.54) is 0 Å². The highest BCUT2D eigenvalue weighted by Crippen LogP contribution is 2.04. The molecule has 0 unspecified atom stereocenters. The first-order chi connectivity index (χ1) is 6.99. The van der Waals surface area contributed by atoms with Gasteiger partial charge in [-0.25, -0.2) is 13.2 Å².